The molecule has 0 aromatic heterocycles. The van der Waals surface area contributed by atoms with Crippen LogP contribution in [0.4, 0.5) is 4.79 Å². The molecule has 1 aliphatic carbocycles. The van der Waals surface area contributed by atoms with Gasteiger partial charge in [0.1, 0.15) is 6.10 Å². The molecule has 2 aliphatic rings. The van der Waals surface area contributed by atoms with Gasteiger partial charge in [-0.1, -0.05) is 38.2 Å². The number of nitrogens with zero attached hydrogens (tertiary/aromatic N) is 1. The van der Waals surface area contributed by atoms with Crippen molar-refractivity contribution < 1.29 is 38.5 Å². The van der Waals surface area contributed by atoms with Gasteiger partial charge >= 0.3 is 6.09 Å². The zero-order valence-corrected chi connectivity index (χ0v) is 27.0. The van der Waals surface area contributed by atoms with Crippen molar-refractivity contribution >= 4 is 23.6 Å². The largest absolute Gasteiger partial charge is 0.439 e. The van der Waals surface area contributed by atoms with Gasteiger partial charge in [-0.15, -0.1) is 0 Å². The first kappa shape index (κ1) is 36.6. The lowest BCUT2D eigenvalue weighted by Crippen LogP contribution is -2.38. The van der Waals surface area contributed by atoms with Gasteiger partial charge < -0.3 is 40.6 Å². The molecule has 44 heavy (non-hydrogen) atoms. The lowest BCUT2D eigenvalue weighted by molar-refractivity contribution is -0.120. The van der Waals surface area contributed by atoms with Crippen molar-refractivity contribution in [1.29, 1.82) is 0 Å². The minimum Gasteiger partial charge on any atom is -0.439 e. The first-order chi connectivity index (χ1) is 20.7. The van der Waals surface area contributed by atoms with Crippen LogP contribution in [0.15, 0.2) is 58.5 Å². The molecule has 4 unspecified atom stereocenters. The summed E-state index contributed by atoms with van der Waals surface area (Å²) in [5.74, 6) is -2.06. The molecular formula is C32H48N4O8. The van der Waals surface area contributed by atoms with Gasteiger partial charge in [-0.2, -0.15) is 0 Å². The summed E-state index contributed by atoms with van der Waals surface area (Å²) in [6, 6.07) is 0. The lowest BCUT2D eigenvalue weighted by Gasteiger charge is -2.30. The minimum absolute atomic E-state index is 0.114. The molecule has 1 heterocycles. The standard InChI is InChI=1S/C32H48N4O8/c1-18-14-22-27(34-12-13-36(5)6)24(37)17-23(29(22)39)35-31(40)19(2)10-9-11-25(42-7)30(44-32(33)41)21(4)16-20(3)28(38)26(15-18)43-8/h9-11,16-18,20,25-26,28,30,34,38H,12-15H2,1-8H3,(H2,33,41)(H,35,40)/b11-9-,19-10+,21-16+/t18-,20+,25?,26?,28?,30?/m1/s1. The van der Waals surface area contributed by atoms with Crippen LogP contribution in [0.1, 0.15) is 40.5 Å². The summed E-state index contributed by atoms with van der Waals surface area (Å²) in [6.45, 7) is 8.09. The maximum absolute atomic E-state index is 13.7. The molecule has 0 fully saturated rings. The summed E-state index contributed by atoms with van der Waals surface area (Å²) in [5, 5.41) is 17.0. The number of fused-ring (bicyclic) bond motifs is 2. The van der Waals surface area contributed by atoms with Gasteiger partial charge in [0.15, 0.2) is 6.10 Å². The average Bonchev–Trinajstić information content (AvgIpc) is 2.95. The molecule has 244 valence electrons. The van der Waals surface area contributed by atoms with Crippen molar-refractivity contribution in [1.82, 2.24) is 15.5 Å². The lowest BCUT2D eigenvalue weighted by atomic mass is 9.85. The molecule has 5 N–H and O–H groups in total. The molecule has 0 aromatic rings. The Labute approximate surface area is 260 Å². The number of carbonyl (C=O) groups excluding carboxylic acids is 4. The predicted octanol–water partition coefficient (Wildman–Crippen LogP) is 1.91. The number of carbonyl (C=O) groups is 4. The Balaban J connectivity index is 2.60. The van der Waals surface area contributed by atoms with E-state index in [-0.39, 0.29) is 34.9 Å². The highest BCUT2D eigenvalue weighted by Gasteiger charge is 2.33. The summed E-state index contributed by atoms with van der Waals surface area (Å²) in [4.78, 5) is 53.7. The summed E-state index contributed by atoms with van der Waals surface area (Å²) in [5.41, 5.74) is 6.55. The highest BCUT2D eigenvalue weighted by atomic mass is 16.6. The van der Waals surface area contributed by atoms with E-state index < -0.39 is 53.9 Å². The third-order valence-corrected chi connectivity index (χ3v) is 7.65. The maximum atomic E-state index is 13.7. The van der Waals surface area contributed by atoms with Crippen molar-refractivity contribution in [2.75, 3.05) is 41.4 Å². The average molecular weight is 617 g/mol. The van der Waals surface area contributed by atoms with Gasteiger partial charge in [-0.25, -0.2) is 4.79 Å². The fourth-order valence-corrected chi connectivity index (χ4v) is 5.18. The quantitative estimate of drug-likeness (QED) is 0.245. The molecule has 2 rings (SSSR count). The van der Waals surface area contributed by atoms with Crippen LogP contribution in [-0.4, -0.2) is 99.4 Å². The number of primary amides is 1. The number of ether oxygens (including phenoxy) is 3. The fraction of sp³-hybridized carbons (Fsp3) is 0.562. The number of amides is 2. The number of Topliss-reactive ketones (excluding diaryl/α,β-unsaturated/α-hetero) is 1. The van der Waals surface area contributed by atoms with Crippen LogP contribution in [0.3, 0.4) is 0 Å². The van der Waals surface area contributed by atoms with Gasteiger partial charge in [0.25, 0.3) is 5.91 Å². The molecule has 12 nitrogen and oxygen atoms in total. The third-order valence-electron chi connectivity index (χ3n) is 7.65. The van der Waals surface area contributed by atoms with Crippen LogP contribution in [0, 0.1) is 11.8 Å². The monoisotopic (exact) mass is 616 g/mol. The van der Waals surface area contributed by atoms with E-state index in [1.54, 1.807) is 32.1 Å². The van der Waals surface area contributed by atoms with E-state index in [4.69, 9.17) is 19.9 Å². The number of rotatable bonds is 7. The SMILES string of the molecule is COC1/C=C\C=C(/C)C(=O)NC2=CC(=O)C(NCCN(C)C)=C(C[C@@H](C)CC(OC)C(O)[C@@H](C)/C=C(\C)C1OC(N)=O)C2=O. The molecular weight excluding hydrogens is 568 g/mol. The molecule has 0 aromatic carbocycles. The van der Waals surface area contributed by atoms with Gasteiger partial charge in [-0.3, -0.25) is 14.4 Å². The van der Waals surface area contributed by atoms with Gasteiger partial charge in [-0.05, 0) is 52.3 Å². The number of allylic oxidation sites excluding steroid dienone is 4. The molecule has 0 spiro atoms. The Morgan fingerprint density at radius 1 is 1.16 bits per heavy atom. The molecule has 1 aliphatic heterocycles. The molecule has 0 saturated carbocycles. The number of methoxy groups -OCH3 is 2. The second kappa shape index (κ2) is 17.0. The molecule has 2 bridgehead atoms. The van der Waals surface area contributed by atoms with Gasteiger partial charge in [0, 0.05) is 50.4 Å². The van der Waals surface area contributed by atoms with E-state index in [9.17, 15) is 24.3 Å². The van der Waals surface area contributed by atoms with Crippen molar-refractivity contribution in [3.05, 3.63) is 58.5 Å². The van der Waals surface area contributed by atoms with Crippen molar-refractivity contribution in [2.24, 2.45) is 17.6 Å². The third kappa shape index (κ3) is 10.3. The number of aliphatic hydroxyl groups excluding tert-OH is 1. The number of likely N-dealkylation sites (N-methyl/N-ethyl adjacent to an activating group) is 1. The van der Waals surface area contributed by atoms with E-state index in [1.165, 1.54) is 20.3 Å². The second-order valence-electron chi connectivity index (χ2n) is 11.7. The minimum atomic E-state index is -0.997. The van der Waals surface area contributed by atoms with Crippen LogP contribution >= 0.6 is 0 Å². The van der Waals surface area contributed by atoms with E-state index >= 15 is 0 Å². The molecule has 0 saturated heterocycles. The topological polar surface area (TPSA) is 170 Å². The summed E-state index contributed by atoms with van der Waals surface area (Å²) >= 11 is 0. The Morgan fingerprint density at radius 3 is 2.43 bits per heavy atom. The second-order valence-corrected chi connectivity index (χ2v) is 11.7. The number of nitrogens with one attached hydrogen (secondary N) is 2. The highest BCUT2D eigenvalue weighted by molar-refractivity contribution is 6.23. The number of ketones is 2. The molecule has 6 atom stereocenters. The highest BCUT2D eigenvalue weighted by Crippen LogP contribution is 2.28. The number of aliphatic hydroxyl groups is 1. The fourth-order valence-electron chi connectivity index (χ4n) is 5.18. The van der Waals surface area contributed by atoms with Gasteiger partial charge in [0.05, 0.1) is 23.6 Å². The summed E-state index contributed by atoms with van der Waals surface area (Å²) < 4.78 is 16.6. The van der Waals surface area contributed by atoms with E-state index in [1.807, 2.05) is 32.8 Å². The first-order valence-electron chi connectivity index (χ1n) is 14.7. The Bertz CT molecular complexity index is 1230. The van der Waals surface area contributed by atoms with E-state index in [0.717, 1.165) is 6.08 Å². The number of hydrogen-bond acceptors (Lipinski definition) is 10. The van der Waals surface area contributed by atoms with E-state index in [0.29, 0.717) is 25.1 Å². The van der Waals surface area contributed by atoms with Crippen molar-refractivity contribution in [3.63, 3.8) is 0 Å². The maximum Gasteiger partial charge on any atom is 0.405 e. The van der Waals surface area contributed by atoms with Crippen molar-refractivity contribution in [2.45, 2.75) is 65.0 Å². The zero-order valence-electron chi connectivity index (χ0n) is 27.0. The molecule has 12 heteroatoms. The van der Waals surface area contributed by atoms with Crippen LogP contribution in [0.2, 0.25) is 0 Å². The summed E-state index contributed by atoms with van der Waals surface area (Å²) in [6.07, 6.45) is 3.88. The van der Waals surface area contributed by atoms with Crippen LogP contribution in [0.5, 0.6) is 0 Å². The smallest absolute Gasteiger partial charge is 0.405 e. The Morgan fingerprint density at radius 2 is 1.84 bits per heavy atom. The Hall–Kier alpha value is -3.58. The normalized spacial score (nSPS) is 31.0. The molecule has 2 amide bonds. The molecule has 0 radical (unpaired) electrons. The van der Waals surface area contributed by atoms with Crippen LogP contribution in [-0.2, 0) is 28.6 Å². The Kier molecular flexibility index (Phi) is 14.2. The van der Waals surface area contributed by atoms with Crippen molar-refractivity contribution in [3.8, 4) is 0 Å². The predicted molar refractivity (Wildman–Crippen MR) is 166 cm³/mol. The zero-order chi connectivity index (χ0) is 33.1. The van der Waals surface area contributed by atoms with Crippen LogP contribution < -0.4 is 16.4 Å². The van der Waals surface area contributed by atoms with Gasteiger partial charge in [0.2, 0.25) is 11.6 Å². The van der Waals surface area contributed by atoms with E-state index in [2.05, 4.69) is 10.6 Å². The number of nitrogens with two attached hydrogens (primary N) is 1. The number of hydrogen-bond donors (Lipinski definition) is 4. The first-order valence-corrected chi connectivity index (χ1v) is 14.7. The summed E-state index contributed by atoms with van der Waals surface area (Å²) in [7, 11) is 6.74. The van der Waals surface area contributed by atoms with Crippen LogP contribution in [0.25, 0.3) is 0 Å².